The molecule has 1 aromatic rings. The van der Waals surface area contributed by atoms with Crippen LogP contribution in [-0.4, -0.2) is 18.5 Å². The van der Waals surface area contributed by atoms with E-state index in [0.29, 0.717) is 5.02 Å². The molecule has 0 aliphatic heterocycles. The third kappa shape index (κ3) is 4.65. The first-order valence-corrected chi connectivity index (χ1v) is 6.31. The first kappa shape index (κ1) is 13.8. The van der Waals surface area contributed by atoms with Gasteiger partial charge in [-0.2, -0.15) is 0 Å². The summed E-state index contributed by atoms with van der Waals surface area (Å²) in [4.78, 5) is 11.7. The Kier molecular flexibility index (Phi) is 5.84. The predicted octanol–water partition coefficient (Wildman–Crippen LogP) is 3.06. The highest BCUT2D eigenvalue weighted by atomic mass is 35.5. The van der Waals surface area contributed by atoms with Gasteiger partial charge in [-0.15, -0.1) is 0 Å². The van der Waals surface area contributed by atoms with Crippen LogP contribution in [0.2, 0.25) is 5.02 Å². The maximum Gasteiger partial charge on any atom is 0.242 e. The molecule has 0 spiro atoms. The summed E-state index contributed by atoms with van der Waals surface area (Å²) in [6.07, 6.45) is 2.08. The number of para-hydroxylation sites is 1. The number of carbonyl (C=O) groups is 1. The Bertz CT molecular complexity index is 368. The van der Waals surface area contributed by atoms with Gasteiger partial charge in [-0.25, -0.2) is 0 Å². The fourth-order valence-corrected chi connectivity index (χ4v) is 1.61. The van der Waals surface area contributed by atoms with Crippen molar-refractivity contribution < 1.29 is 4.79 Å². The van der Waals surface area contributed by atoms with E-state index < -0.39 is 0 Å². The van der Waals surface area contributed by atoms with Gasteiger partial charge in [0.05, 0.1) is 10.7 Å². The molecule has 0 bridgehead atoms. The lowest BCUT2D eigenvalue weighted by Crippen LogP contribution is -2.38. The van der Waals surface area contributed by atoms with Gasteiger partial charge in [-0.3, -0.25) is 4.79 Å². The standard InChI is InChI=1S/C13H19ClN2O/c1-3-4-9-15-13(17)10(2)16-12-8-6-5-7-11(12)14/h5-8,10,16H,3-4,9H2,1-2H3,(H,15,17). The van der Waals surface area contributed by atoms with Crippen LogP contribution in [0.25, 0.3) is 0 Å². The zero-order valence-corrected chi connectivity index (χ0v) is 11.1. The molecular weight excluding hydrogens is 236 g/mol. The SMILES string of the molecule is CCCCNC(=O)C(C)Nc1ccccc1Cl. The van der Waals surface area contributed by atoms with Crippen molar-refractivity contribution in [2.24, 2.45) is 0 Å². The monoisotopic (exact) mass is 254 g/mol. The van der Waals surface area contributed by atoms with Gasteiger partial charge in [0.2, 0.25) is 5.91 Å². The third-order valence-corrected chi connectivity index (χ3v) is 2.80. The van der Waals surface area contributed by atoms with Crippen LogP contribution in [0.4, 0.5) is 5.69 Å². The smallest absolute Gasteiger partial charge is 0.242 e. The number of unbranched alkanes of at least 4 members (excludes halogenated alkanes) is 1. The van der Waals surface area contributed by atoms with Gasteiger partial charge in [0.25, 0.3) is 0 Å². The number of hydrogen-bond acceptors (Lipinski definition) is 2. The minimum absolute atomic E-state index is 0.00151. The van der Waals surface area contributed by atoms with E-state index in [4.69, 9.17) is 11.6 Å². The molecule has 3 nitrogen and oxygen atoms in total. The molecule has 0 fully saturated rings. The van der Waals surface area contributed by atoms with E-state index >= 15 is 0 Å². The van der Waals surface area contributed by atoms with E-state index in [-0.39, 0.29) is 11.9 Å². The fourth-order valence-electron chi connectivity index (χ4n) is 1.42. The normalized spacial score (nSPS) is 11.9. The summed E-state index contributed by atoms with van der Waals surface area (Å²) < 4.78 is 0. The molecule has 94 valence electrons. The zero-order chi connectivity index (χ0) is 12.7. The third-order valence-electron chi connectivity index (χ3n) is 2.47. The number of halogens is 1. The highest BCUT2D eigenvalue weighted by Crippen LogP contribution is 2.21. The lowest BCUT2D eigenvalue weighted by Gasteiger charge is -2.16. The van der Waals surface area contributed by atoms with Crippen LogP contribution in [-0.2, 0) is 4.79 Å². The van der Waals surface area contributed by atoms with Gasteiger partial charge in [0, 0.05) is 6.54 Å². The van der Waals surface area contributed by atoms with Crippen LogP contribution >= 0.6 is 11.6 Å². The Labute approximate surface area is 108 Å². The molecule has 0 saturated carbocycles. The molecule has 17 heavy (non-hydrogen) atoms. The molecule has 1 unspecified atom stereocenters. The molecule has 0 saturated heterocycles. The van der Waals surface area contributed by atoms with Crippen molar-refractivity contribution in [1.82, 2.24) is 5.32 Å². The van der Waals surface area contributed by atoms with Crippen LogP contribution in [0.1, 0.15) is 26.7 Å². The Balaban J connectivity index is 2.46. The quantitative estimate of drug-likeness (QED) is 0.766. The van der Waals surface area contributed by atoms with Gasteiger partial charge in [-0.1, -0.05) is 37.1 Å². The van der Waals surface area contributed by atoms with Crippen LogP contribution < -0.4 is 10.6 Å². The van der Waals surface area contributed by atoms with Gasteiger partial charge >= 0.3 is 0 Å². The molecule has 0 radical (unpaired) electrons. The molecule has 2 N–H and O–H groups in total. The molecule has 1 amide bonds. The number of carbonyl (C=O) groups excluding carboxylic acids is 1. The topological polar surface area (TPSA) is 41.1 Å². The van der Waals surface area contributed by atoms with Crippen LogP contribution in [0, 0.1) is 0 Å². The average molecular weight is 255 g/mol. The summed E-state index contributed by atoms with van der Waals surface area (Å²) in [5.41, 5.74) is 0.785. The second kappa shape index (κ2) is 7.17. The molecule has 0 heterocycles. The molecule has 1 atom stereocenters. The van der Waals surface area contributed by atoms with Gasteiger partial charge in [0.15, 0.2) is 0 Å². The molecule has 4 heteroatoms. The van der Waals surface area contributed by atoms with Gasteiger partial charge < -0.3 is 10.6 Å². The Morgan fingerprint density at radius 1 is 1.41 bits per heavy atom. The lowest BCUT2D eigenvalue weighted by atomic mass is 10.2. The van der Waals surface area contributed by atoms with Crippen LogP contribution in [0.3, 0.4) is 0 Å². The van der Waals surface area contributed by atoms with E-state index in [1.165, 1.54) is 0 Å². The number of rotatable bonds is 6. The highest BCUT2D eigenvalue weighted by Gasteiger charge is 2.12. The summed E-state index contributed by atoms with van der Waals surface area (Å²) in [5, 5.41) is 6.60. The minimum Gasteiger partial charge on any atom is -0.373 e. The molecule has 1 rings (SSSR count). The maximum absolute atomic E-state index is 11.7. The first-order chi connectivity index (χ1) is 8.15. The summed E-state index contributed by atoms with van der Waals surface area (Å²) in [6, 6.07) is 7.12. The number of nitrogens with one attached hydrogen (secondary N) is 2. The summed E-state index contributed by atoms with van der Waals surface area (Å²) in [7, 11) is 0. The zero-order valence-electron chi connectivity index (χ0n) is 10.3. The molecule has 0 aliphatic rings. The van der Waals surface area contributed by atoms with E-state index in [1.54, 1.807) is 6.07 Å². The first-order valence-electron chi connectivity index (χ1n) is 5.94. The van der Waals surface area contributed by atoms with E-state index in [2.05, 4.69) is 17.6 Å². The van der Waals surface area contributed by atoms with E-state index in [1.807, 2.05) is 25.1 Å². The highest BCUT2D eigenvalue weighted by molar-refractivity contribution is 6.33. The van der Waals surface area contributed by atoms with Crippen molar-refractivity contribution in [1.29, 1.82) is 0 Å². The van der Waals surface area contributed by atoms with Crippen molar-refractivity contribution >= 4 is 23.2 Å². The summed E-state index contributed by atoms with van der Waals surface area (Å²) >= 11 is 6.01. The van der Waals surface area contributed by atoms with E-state index in [0.717, 1.165) is 25.1 Å². The van der Waals surface area contributed by atoms with Crippen molar-refractivity contribution in [2.75, 3.05) is 11.9 Å². The lowest BCUT2D eigenvalue weighted by molar-refractivity contribution is -0.121. The van der Waals surface area contributed by atoms with E-state index in [9.17, 15) is 4.79 Å². The van der Waals surface area contributed by atoms with Crippen molar-refractivity contribution in [3.63, 3.8) is 0 Å². The molecule has 1 aromatic carbocycles. The summed E-state index contributed by atoms with van der Waals surface area (Å²) in [6.45, 7) is 4.64. The van der Waals surface area contributed by atoms with Crippen LogP contribution in [0.5, 0.6) is 0 Å². The Morgan fingerprint density at radius 3 is 2.76 bits per heavy atom. The Hall–Kier alpha value is -1.22. The second-order valence-corrected chi connectivity index (χ2v) is 4.40. The fraction of sp³-hybridized carbons (Fsp3) is 0.462. The largest absolute Gasteiger partial charge is 0.373 e. The van der Waals surface area contributed by atoms with Gasteiger partial charge in [0.1, 0.15) is 6.04 Å². The molecule has 0 aliphatic carbocycles. The van der Waals surface area contributed by atoms with Gasteiger partial charge in [-0.05, 0) is 25.5 Å². The maximum atomic E-state index is 11.7. The van der Waals surface area contributed by atoms with Crippen LogP contribution in [0.15, 0.2) is 24.3 Å². The van der Waals surface area contributed by atoms with Crippen molar-refractivity contribution in [3.05, 3.63) is 29.3 Å². The molecular formula is C13H19ClN2O. The van der Waals surface area contributed by atoms with Crippen molar-refractivity contribution in [2.45, 2.75) is 32.7 Å². The number of amides is 1. The van der Waals surface area contributed by atoms with Crippen molar-refractivity contribution in [3.8, 4) is 0 Å². The number of anilines is 1. The average Bonchev–Trinajstić information content (AvgIpc) is 2.32. The number of benzene rings is 1. The minimum atomic E-state index is -0.285. The Morgan fingerprint density at radius 2 is 2.12 bits per heavy atom. The molecule has 0 aromatic heterocycles. The summed E-state index contributed by atoms with van der Waals surface area (Å²) in [5.74, 6) is -0.00151. The number of hydrogen-bond donors (Lipinski definition) is 2. The second-order valence-electron chi connectivity index (χ2n) is 3.99. The predicted molar refractivity (Wildman–Crippen MR) is 72.5 cm³/mol.